The van der Waals surface area contributed by atoms with E-state index in [4.69, 9.17) is 5.26 Å². The molecule has 1 aromatic heterocycles. The summed E-state index contributed by atoms with van der Waals surface area (Å²) >= 11 is 0. The van der Waals surface area contributed by atoms with Gasteiger partial charge in [-0.1, -0.05) is 13.3 Å². The molecule has 0 aromatic carbocycles. The Morgan fingerprint density at radius 2 is 2.47 bits per heavy atom. The van der Waals surface area contributed by atoms with Crippen molar-refractivity contribution >= 4 is 11.9 Å². The van der Waals surface area contributed by atoms with E-state index in [9.17, 15) is 9.90 Å². The molecule has 0 aliphatic carbocycles. The van der Waals surface area contributed by atoms with Crippen molar-refractivity contribution in [2.24, 2.45) is 5.92 Å². The minimum Gasteiger partial charge on any atom is -0.480 e. The highest BCUT2D eigenvalue weighted by Gasteiger charge is 2.34. The first-order chi connectivity index (χ1) is 9.15. The first kappa shape index (κ1) is 13.3. The van der Waals surface area contributed by atoms with Gasteiger partial charge < -0.3 is 10.0 Å². The van der Waals surface area contributed by atoms with Gasteiger partial charge in [-0.15, -0.1) is 0 Å². The number of nitriles is 1. The molecule has 19 heavy (non-hydrogen) atoms. The Hall–Kier alpha value is -2.16. The summed E-state index contributed by atoms with van der Waals surface area (Å²) in [6.45, 7) is 2.69. The van der Waals surface area contributed by atoms with E-state index in [1.54, 1.807) is 4.90 Å². The predicted molar refractivity (Wildman–Crippen MR) is 68.5 cm³/mol. The van der Waals surface area contributed by atoms with E-state index < -0.39 is 12.0 Å². The van der Waals surface area contributed by atoms with Crippen LogP contribution < -0.4 is 4.90 Å². The molecule has 2 atom stereocenters. The van der Waals surface area contributed by atoms with Crippen LogP contribution in [0, 0.1) is 17.2 Å². The van der Waals surface area contributed by atoms with Gasteiger partial charge in [0, 0.05) is 12.7 Å². The molecule has 2 unspecified atom stereocenters. The largest absolute Gasteiger partial charge is 0.480 e. The summed E-state index contributed by atoms with van der Waals surface area (Å²) in [4.78, 5) is 21.3. The highest BCUT2D eigenvalue weighted by molar-refractivity contribution is 5.77. The summed E-state index contributed by atoms with van der Waals surface area (Å²) < 4.78 is 0. The van der Waals surface area contributed by atoms with Gasteiger partial charge in [-0.3, -0.25) is 0 Å². The van der Waals surface area contributed by atoms with E-state index >= 15 is 0 Å². The molecule has 1 aliphatic rings. The quantitative estimate of drug-likeness (QED) is 0.884. The van der Waals surface area contributed by atoms with Gasteiger partial charge in [0.25, 0.3) is 0 Å². The Morgan fingerprint density at radius 3 is 3.11 bits per heavy atom. The van der Waals surface area contributed by atoms with Crippen molar-refractivity contribution in [3.8, 4) is 6.07 Å². The Morgan fingerprint density at radius 1 is 1.68 bits per heavy atom. The van der Waals surface area contributed by atoms with Crippen LogP contribution in [0.25, 0.3) is 0 Å². The van der Waals surface area contributed by atoms with Crippen molar-refractivity contribution in [3.63, 3.8) is 0 Å². The predicted octanol–water partition coefficient (Wildman–Crippen LogP) is 1.43. The van der Waals surface area contributed by atoms with Crippen molar-refractivity contribution in [2.75, 3.05) is 11.4 Å². The van der Waals surface area contributed by atoms with Gasteiger partial charge in [-0.05, 0) is 24.8 Å². The summed E-state index contributed by atoms with van der Waals surface area (Å²) in [7, 11) is 0. The molecule has 0 saturated carbocycles. The maximum absolute atomic E-state index is 11.4. The van der Waals surface area contributed by atoms with Crippen molar-refractivity contribution in [1.29, 1.82) is 5.26 Å². The van der Waals surface area contributed by atoms with Crippen molar-refractivity contribution < 1.29 is 9.90 Å². The van der Waals surface area contributed by atoms with E-state index in [0.29, 0.717) is 24.8 Å². The summed E-state index contributed by atoms with van der Waals surface area (Å²) in [6, 6.07) is 2.85. The van der Waals surface area contributed by atoms with E-state index in [1.807, 2.05) is 6.07 Å². The van der Waals surface area contributed by atoms with Gasteiger partial charge in [-0.25, -0.2) is 14.8 Å². The van der Waals surface area contributed by atoms with Gasteiger partial charge in [0.15, 0.2) is 0 Å². The maximum Gasteiger partial charge on any atom is 0.326 e. The number of carboxylic acids is 1. The van der Waals surface area contributed by atoms with Crippen LogP contribution in [0.3, 0.4) is 0 Å². The topological polar surface area (TPSA) is 90.1 Å². The second kappa shape index (κ2) is 5.65. The maximum atomic E-state index is 11.4. The highest BCUT2D eigenvalue weighted by Crippen LogP contribution is 2.28. The number of hydrogen-bond donors (Lipinski definition) is 1. The fourth-order valence-corrected chi connectivity index (χ4v) is 2.43. The molecule has 0 bridgehead atoms. The second-order valence-electron chi connectivity index (χ2n) is 4.70. The summed E-state index contributed by atoms with van der Waals surface area (Å²) in [6.07, 6.45) is 4.01. The average Bonchev–Trinajstić information content (AvgIpc) is 2.46. The molecule has 2 heterocycles. The zero-order chi connectivity index (χ0) is 13.8. The third-order valence-corrected chi connectivity index (χ3v) is 3.59. The molecule has 100 valence electrons. The Kier molecular flexibility index (Phi) is 3.95. The van der Waals surface area contributed by atoms with Crippen LogP contribution in [-0.4, -0.2) is 33.6 Å². The van der Waals surface area contributed by atoms with Crippen LogP contribution in [0.4, 0.5) is 5.95 Å². The van der Waals surface area contributed by atoms with Crippen molar-refractivity contribution in [2.45, 2.75) is 32.2 Å². The lowest BCUT2D eigenvalue weighted by molar-refractivity contribution is -0.139. The average molecular weight is 260 g/mol. The molecule has 1 saturated heterocycles. The fourth-order valence-electron chi connectivity index (χ4n) is 2.43. The third kappa shape index (κ3) is 2.81. The van der Waals surface area contributed by atoms with Crippen molar-refractivity contribution in [3.05, 3.63) is 18.0 Å². The third-order valence-electron chi connectivity index (χ3n) is 3.59. The lowest BCUT2D eigenvalue weighted by atomic mass is 9.89. The number of aromatic nitrogens is 2. The molecule has 1 fully saturated rings. The lowest BCUT2D eigenvalue weighted by Crippen LogP contribution is -2.48. The minimum absolute atomic E-state index is 0.256. The number of rotatable bonds is 3. The number of nitrogens with zero attached hydrogens (tertiary/aromatic N) is 4. The van der Waals surface area contributed by atoms with Gasteiger partial charge >= 0.3 is 5.97 Å². The molecule has 0 spiro atoms. The highest BCUT2D eigenvalue weighted by atomic mass is 16.4. The van der Waals surface area contributed by atoms with Crippen LogP contribution in [0.2, 0.25) is 0 Å². The van der Waals surface area contributed by atoms with Gasteiger partial charge in [-0.2, -0.15) is 5.26 Å². The van der Waals surface area contributed by atoms with Crippen LogP contribution >= 0.6 is 0 Å². The zero-order valence-electron chi connectivity index (χ0n) is 10.8. The van der Waals surface area contributed by atoms with Gasteiger partial charge in [0.1, 0.15) is 17.8 Å². The van der Waals surface area contributed by atoms with Gasteiger partial charge in [0.05, 0.1) is 0 Å². The lowest BCUT2D eigenvalue weighted by Gasteiger charge is -2.36. The molecule has 1 aromatic rings. The molecule has 6 heteroatoms. The Balaban J connectivity index is 2.26. The smallest absolute Gasteiger partial charge is 0.326 e. The van der Waals surface area contributed by atoms with E-state index in [1.165, 1.54) is 12.3 Å². The van der Waals surface area contributed by atoms with Gasteiger partial charge in [0.2, 0.25) is 5.95 Å². The fraction of sp³-hybridized carbons (Fsp3) is 0.538. The number of anilines is 1. The molecule has 2 rings (SSSR count). The zero-order valence-corrected chi connectivity index (χ0v) is 10.8. The molecule has 0 amide bonds. The van der Waals surface area contributed by atoms with E-state index in [-0.39, 0.29) is 5.69 Å². The number of carbonyl (C=O) groups is 1. The number of hydrogen-bond acceptors (Lipinski definition) is 5. The summed E-state index contributed by atoms with van der Waals surface area (Å²) in [5.74, 6) is -0.0957. The molecule has 0 radical (unpaired) electrons. The van der Waals surface area contributed by atoms with Crippen LogP contribution in [0.5, 0.6) is 0 Å². The second-order valence-corrected chi connectivity index (χ2v) is 4.70. The van der Waals surface area contributed by atoms with E-state index in [2.05, 4.69) is 16.9 Å². The van der Waals surface area contributed by atoms with Crippen LogP contribution in [-0.2, 0) is 4.79 Å². The number of piperidine rings is 1. The van der Waals surface area contributed by atoms with Crippen LogP contribution in [0.1, 0.15) is 31.9 Å². The summed E-state index contributed by atoms with van der Waals surface area (Å²) in [5.41, 5.74) is 0.256. The number of carboxylic acid groups (broad SMARTS) is 1. The minimum atomic E-state index is -0.857. The number of aliphatic carboxylic acids is 1. The first-order valence-electron chi connectivity index (χ1n) is 6.38. The van der Waals surface area contributed by atoms with E-state index in [0.717, 1.165) is 12.8 Å². The Labute approximate surface area is 111 Å². The monoisotopic (exact) mass is 260 g/mol. The molecule has 1 aliphatic heterocycles. The molecular weight excluding hydrogens is 244 g/mol. The molecule has 1 N–H and O–H groups in total. The Bertz CT molecular complexity index is 512. The van der Waals surface area contributed by atoms with Crippen molar-refractivity contribution in [1.82, 2.24) is 9.97 Å². The normalized spacial score (nSPS) is 22.8. The van der Waals surface area contributed by atoms with Crippen LogP contribution in [0.15, 0.2) is 12.3 Å². The SMILES string of the molecule is CCC1CCN(c2nccc(C#N)n2)C(C(=O)O)C1. The standard InChI is InChI=1S/C13H16N4O2/c1-2-9-4-6-17(11(7-9)12(18)19)13-15-5-3-10(8-14)16-13/h3,5,9,11H,2,4,6-7H2,1H3,(H,18,19). The molecule has 6 nitrogen and oxygen atoms in total. The first-order valence-corrected chi connectivity index (χ1v) is 6.38. The molecular formula is C13H16N4O2. The summed E-state index contributed by atoms with van der Waals surface area (Å²) in [5, 5.41) is 18.2.